The molecular weight excluding hydrogens is 332 g/mol. The molecule has 0 aliphatic carbocycles. The number of benzene rings is 1. The molecule has 1 amide bonds. The summed E-state index contributed by atoms with van der Waals surface area (Å²) in [6.45, 7) is 3.62. The molecule has 1 heterocycles. The number of amides is 1. The summed E-state index contributed by atoms with van der Waals surface area (Å²) in [5.74, 6) is -1.73. The van der Waals surface area contributed by atoms with Crippen LogP contribution in [0.2, 0.25) is 0 Å². The van der Waals surface area contributed by atoms with Crippen molar-refractivity contribution in [3.05, 3.63) is 35.9 Å². The number of sulfonamides is 1. The molecule has 0 unspecified atom stereocenters. The largest absolute Gasteiger partial charge is 0.480 e. The van der Waals surface area contributed by atoms with E-state index in [2.05, 4.69) is 4.72 Å². The first-order valence-electron chi connectivity index (χ1n) is 7.84. The van der Waals surface area contributed by atoms with E-state index in [-0.39, 0.29) is 24.9 Å². The highest BCUT2D eigenvalue weighted by atomic mass is 32.2. The average molecular weight is 354 g/mol. The third kappa shape index (κ3) is 3.93. The van der Waals surface area contributed by atoms with E-state index >= 15 is 0 Å². The zero-order valence-corrected chi connectivity index (χ0v) is 14.5. The normalized spacial score (nSPS) is 17.8. The zero-order valence-electron chi connectivity index (χ0n) is 13.7. The SMILES string of the molecule is CC[C@H](C)[C@H](NS(=O)(=O)C1CN(C(=O)c2ccccc2)C1)C(=O)O. The van der Waals surface area contributed by atoms with E-state index in [1.807, 2.05) is 0 Å². The van der Waals surface area contributed by atoms with Crippen LogP contribution < -0.4 is 4.72 Å². The molecule has 132 valence electrons. The Kier molecular flexibility index (Phi) is 5.61. The van der Waals surface area contributed by atoms with Crippen LogP contribution in [-0.2, 0) is 14.8 Å². The molecule has 1 saturated heterocycles. The second-order valence-electron chi connectivity index (χ2n) is 6.06. The van der Waals surface area contributed by atoms with Gasteiger partial charge in [-0.1, -0.05) is 38.5 Å². The van der Waals surface area contributed by atoms with Gasteiger partial charge in [0, 0.05) is 18.7 Å². The summed E-state index contributed by atoms with van der Waals surface area (Å²) in [5, 5.41) is 8.43. The van der Waals surface area contributed by atoms with Gasteiger partial charge < -0.3 is 10.0 Å². The Morgan fingerprint density at radius 1 is 1.29 bits per heavy atom. The first-order chi connectivity index (χ1) is 11.3. The van der Waals surface area contributed by atoms with Gasteiger partial charge in [0.2, 0.25) is 10.0 Å². The summed E-state index contributed by atoms with van der Waals surface area (Å²) in [6.07, 6.45) is 0.544. The Balaban J connectivity index is 1.98. The summed E-state index contributed by atoms with van der Waals surface area (Å²) in [7, 11) is -3.80. The van der Waals surface area contributed by atoms with Gasteiger partial charge in [-0.15, -0.1) is 0 Å². The Morgan fingerprint density at radius 3 is 2.38 bits per heavy atom. The zero-order chi connectivity index (χ0) is 17.9. The summed E-state index contributed by atoms with van der Waals surface area (Å²) >= 11 is 0. The maximum Gasteiger partial charge on any atom is 0.322 e. The molecule has 1 aromatic carbocycles. The second kappa shape index (κ2) is 7.31. The number of carbonyl (C=O) groups excluding carboxylic acids is 1. The number of hydrogen-bond donors (Lipinski definition) is 2. The van der Waals surface area contributed by atoms with E-state index in [0.29, 0.717) is 12.0 Å². The van der Waals surface area contributed by atoms with Gasteiger partial charge in [0.1, 0.15) is 11.3 Å². The van der Waals surface area contributed by atoms with E-state index in [9.17, 15) is 23.1 Å². The van der Waals surface area contributed by atoms with Crippen molar-refractivity contribution in [1.29, 1.82) is 0 Å². The van der Waals surface area contributed by atoms with Crippen LogP contribution in [-0.4, -0.2) is 54.7 Å². The lowest BCUT2D eigenvalue weighted by Crippen LogP contribution is -2.61. The van der Waals surface area contributed by atoms with Gasteiger partial charge in [0.15, 0.2) is 0 Å². The third-order valence-corrected chi connectivity index (χ3v) is 6.12. The minimum Gasteiger partial charge on any atom is -0.480 e. The number of aliphatic carboxylic acids is 1. The molecule has 1 aromatic rings. The monoisotopic (exact) mass is 354 g/mol. The highest BCUT2D eigenvalue weighted by Gasteiger charge is 2.42. The smallest absolute Gasteiger partial charge is 0.322 e. The Labute approximate surface area is 141 Å². The van der Waals surface area contributed by atoms with Crippen LogP contribution in [0.1, 0.15) is 30.6 Å². The number of carboxylic acids is 1. The van der Waals surface area contributed by atoms with Crippen molar-refractivity contribution in [2.24, 2.45) is 5.92 Å². The Morgan fingerprint density at radius 2 is 1.88 bits per heavy atom. The van der Waals surface area contributed by atoms with E-state index in [0.717, 1.165) is 0 Å². The van der Waals surface area contributed by atoms with Gasteiger partial charge in [-0.25, -0.2) is 13.1 Å². The molecule has 0 saturated carbocycles. The van der Waals surface area contributed by atoms with Crippen molar-refractivity contribution in [2.45, 2.75) is 31.6 Å². The fourth-order valence-electron chi connectivity index (χ4n) is 2.48. The summed E-state index contributed by atoms with van der Waals surface area (Å²) in [6, 6.07) is 7.47. The first kappa shape index (κ1) is 18.4. The molecule has 0 bridgehead atoms. The van der Waals surface area contributed by atoms with Crippen molar-refractivity contribution in [2.75, 3.05) is 13.1 Å². The maximum absolute atomic E-state index is 12.3. The summed E-state index contributed by atoms with van der Waals surface area (Å²) in [5.41, 5.74) is 0.504. The average Bonchev–Trinajstić information content (AvgIpc) is 2.50. The van der Waals surface area contributed by atoms with Crippen molar-refractivity contribution in [3.8, 4) is 0 Å². The number of carbonyl (C=O) groups is 2. The van der Waals surface area contributed by atoms with Gasteiger partial charge in [-0.05, 0) is 18.1 Å². The number of likely N-dealkylation sites (tertiary alicyclic amines) is 1. The first-order valence-corrected chi connectivity index (χ1v) is 9.39. The van der Waals surface area contributed by atoms with E-state index in [1.165, 1.54) is 4.90 Å². The van der Waals surface area contributed by atoms with E-state index in [1.54, 1.807) is 44.2 Å². The van der Waals surface area contributed by atoms with Crippen LogP contribution in [0.5, 0.6) is 0 Å². The predicted molar refractivity (Wildman–Crippen MR) is 89.1 cm³/mol. The second-order valence-corrected chi connectivity index (χ2v) is 8.05. The lowest BCUT2D eigenvalue weighted by atomic mass is 10.0. The van der Waals surface area contributed by atoms with Gasteiger partial charge in [-0.3, -0.25) is 9.59 Å². The Hall–Kier alpha value is -1.93. The molecule has 7 nitrogen and oxygen atoms in total. The number of nitrogens with one attached hydrogen (secondary N) is 1. The number of carboxylic acid groups (broad SMARTS) is 1. The molecule has 2 N–H and O–H groups in total. The topological polar surface area (TPSA) is 104 Å². The van der Waals surface area contributed by atoms with Gasteiger partial charge in [0.25, 0.3) is 5.91 Å². The van der Waals surface area contributed by atoms with Crippen LogP contribution >= 0.6 is 0 Å². The molecule has 1 fully saturated rings. The van der Waals surface area contributed by atoms with Crippen LogP contribution in [0, 0.1) is 5.92 Å². The van der Waals surface area contributed by atoms with Gasteiger partial charge in [0.05, 0.1) is 0 Å². The molecule has 0 spiro atoms. The van der Waals surface area contributed by atoms with Crippen molar-refractivity contribution in [3.63, 3.8) is 0 Å². The minimum absolute atomic E-state index is 0.0654. The molecule has 24 heavy (non-hydrogen) atoms. The van der Waals surface area contributed by atoms with Crippen molar-refractivity contribution >= 4 is 21.9 Å². The van der Waals surface area contributed by atoms with Crippen LogP contribution in [0.4, 0.5) is 0 Å². The van der Waals surface area contributed by atoms with Gasteiger partial charge >= 0.3 is 5.97 Å². The van der Waals surface area contributed by atoms with Gasteiger partial charge in [-0.2, -0.15) is 0 Å². The minimum atomic E-state index is -3.80. The molecule has 1 aliphatic rings. The van der Waals surface area contributed by atoms with E-state index in [4.69, 9.17) is 0 Å². The summed E-state index contributed by atoms with van der Waals surface area (Å²) in [4.78, 5) is 24.9. The van der Waals surface area contributed by atoms with Crippen LogP contribution in [0.3, 0.4) is 0 Å². The fraction of sp³-hybridized carbons (Fsp3) is 0.500. The number of rotatable bonds is 7. The Bertz CT molecular complexity index is 698. The maximum atomic E-state index is 12.3. The lowest BCUT2D eigenvalue weighted by Gasteiger charge is -2.39. The molecule has 2 rings (SSSR count). The van der Waals surface area contributed by atoms with Crippen LogP contribution in [0.15, 0.2) is 30.3 Å². The summed E-state index contributed by atoms with van der Waals surface area (Å²) < 4.78 is 27.0. The fourth-order valence-corrected chi connectivity index (χ4v) is 4.11. The molecule has 0 aromatic heterocycles. The third-order valence-electron chi connectivity index (χ3n) is 4.37. The van der Waals surface area contributed by atoms with E-state index < -0.39 is 27.3 Å². The van der Waals surface area contributed by atoms with Crippen molar-refractivity contribution < 1.29 is 23.1 Å². The molecule has 8 heteroatoms. The number of nitrogens with zero attached hydrogens (tertiary/aromatic N) is 1. The standard InChI is InChI=1S/C16H22N2O5S/c1-3-11(2)14(16(20)21)17-24(22,23)13-9-18(10-13)15(19)12-7-5-4-6-8-12/h4-8,11,13-14,17H,3,9-10H2,1-2H3,(H,20,21)/t11-,14-/m0/s1. The highest BCUT2D eigenvalue weighted by Crippen LogP contribution is 2.20. The number of hydrogen-bond acceptors (Lipinski definition) is 4. The molecule has 0 radical (unpaired) electrons. The molecular formula is C16H22N2O5S. The molecule has 1 aliphatic heterocycles. The highest BCUT2D eigenvalue weighted by molar-refractivity contribution is 7.90. The lowest BCUT2D eigenvalue weighted by molar-refractivity contribution is -0.140. The van der Waals surface area contributed by atoms with Crippen LogP contribution in [0.25, 0.3) is 0 Å². The quantitative estimate of drug-likeness (QED) is 0.758. The van der Waals surface area contributed by atoms with Crippen molar-refractivity contribution in [1.82, 2.24) is 9.62 Å². The predicted octanol–water partition coefficient (Wildman–Crippen LogP) is 0.930. The molecule has 2 atom stereocenters.